The van der Waals surface area contributed by atoms with Crippen LogP contribution in [0.2, 0.25) is 0 Å². The number of ether oxygens (including phenoxy) is 1. The van der Waals surface area contributed by atoms with Gasteiger partial charge in [0.15, 0.2) is 6.61 Å². The number of carbonyl (C=O) groups excluding carboxylic acids is 2. The van der Waals surface area contributed by atoms with E-state index in [1.165, 1.54) is 0 Å². The normalized spacial score (nSPS) is 13.0. The van der Waals surface area contributed by atoms with Crippen LogP contribution in [0.15, 0.2) is 24.3 Å². The second-order valence-corrected chi connectivity index (χ2v) is 5.31. The van der Waals surface area contributed by atoms with Gasteiger partial charge in [0.05, 0.1) is 11.1 Å². The lowest BCUT2D eigenvalue weighted by Crippen LogP contribution is -2.28. The number of para-hydroxylation sites is 1. The van der Waals surface area contributed by atoms with Crippen LogP contribution in [0.3, 0.4) is 0 Å². The van der Waals surface area contributed by atoms with E-state index in [-0.39, 0.29) is 12.5 Å². The number of hydrogen-bond acceptors (Lipinski definition) is 4. The molecule has 1 aromatic heterocycles. The molecule has 1 aromatic carbocycles. The van der Waals surface area contributed by atoms with Gasteiger partial charge in [0.1, 0.15) is 0 Å². The topological polar surface area (TPSA) is 68.3 Å². The standard InChI is InChI=1S/C17H18N2O3/c1-2-18-15(20)10-22-17(21)16-11-6-3-4-8-13(11)19-14-9-5-7-12(14)16/h3-4,6,8H,2,5,7,9-10H2,1H3,(H,18,20). The van der Waals surface area contributed by atoms with Crippen molar-refractivity contribution in [3.05, 3.63) is 41.1 Å². The summed E-state index contributed by atoms with van der Waals surface area (Å²) in [5.74, 6) is -0.728. The number of pyridine rings is 1. The molecule has 0 saturated carbocycles. The summed E-state index contributed by atoms with van der Waals surface area (Å²) in [6, 6.07) is 7.56. The Morgan fingerprint density at radius 2 is 2.09 bits per heavy atom. The van der Waals surface area contributed by atoms with Crippen molar-refractivity contribution < 1.29 is 14.3 Å². The molecule has 0 spiro atoms. The van der Waals surface area contributed by atoms with Gasteiger partial charge in [-0.3, -0.25) is 9.78 Å². The zero-order valence-electron chi connectivity index (χ0n) is 12.5. The fourth-order valence-corrected chi connectivity index (χ4v) is 2.90. The van der Waals surface area contributed by atoms with Crippen molar-refractivity contribution in [2.75, 3.05) is 13.2 Å². The molecule has 0 radical (unpaired) electrons. The van der Waals surface area contributed by atoms with Gasteiger partial charge in [0.25, 0.3) is 5.91 Å². The maximum atomic E-state index is 12.5. The summed E-state index contributed by atoms with van der Waals surface area (Å²) in [7, 11) is 0. The van der Waals surface area contributed by atoms with E-state index >= 15 is 0 Å². The monoisotopic (exact) mass is 298 g/mol. The molecule has 3 rings (SSSR count). The van der Waals surface area contributed by atoms with Crippen LogP contribution in [0.1, 0.15) is 35.0 Å². The molecule has 1 amide bonds. The molecule has 0 saturated heterocycles. The predicted molar refractivity (Wildman–Crippen MR) is 82.7 cm³/mol. The second kappa shape index (κ2) is 6.13. The highest BCUT2D eigenvalue weighted by atomic mass is 16.5. The van der Waals surface area contributed by atoms with E-state index < -0.39 is 5.97 Å². The number of carbonyl (C=O) groups is 2. The third-order valence-corrected chi connectivity index (χ3v) is 3.83. The molecule has 0 atom stereocenters. The average Bonchev–Trinajstić information content (AvgIpc) is 2.98. The van der Waals surface area contributed by atoms with Gasteiger partial charge in [-0.05, 0) is 37.8 Å². The van der Waals surface area contributed by atoms with Crippen LogP contribution >= 0.6 is 0 Å². The van der Waals surface area contributed by atoms with Gasteiger partial charge < -0.3 is 10.1 Å². The number of aryl methyl sites for hydroxylation is 1. The molecule has 2 aromatic rings. The van der Waals surface area contributed by atoms with Crippen LogP contribution in [0.5, 0.6) is 0 Å². The lowest BCUT2D eigenvalue weighted by molar-refractivity contribution is -0.124. The van der Waals surface area contributed by atoms with Crippen LogP contribution < -0.4 is 5.32 Å². The summed E-state index contributed by atoms with van der Waals surface area (Å²) >= 11 is 0. The fraction of sp³-hybridized carbons (Fsp3) is 0.353. The Hall–Kier alpha value is -2.43. The molecule has 5 heteroatoms. The molecule has 0 fully saturated rings. The average molecular weight is 298 g/mol. The molecule has 114 valence electrons. The van der Waals surface area contributed by atoms with Gasteiger partial charge in [-0.2, -0.15) is 0 Å². The number of esters is 1. The molecule has 0 aliphatic heterocycles. The van der Waals surface area contributed by atoms with Crippen molar-refractivity contribution in [1.82, 2.24) is 10.3 Å². The van der Waals surface area contributed by atoms with E-state index in [1.807, 2.05) is 31.2 Å². The first-order valence-corrected chi connectivity index (χ1v) is 7.55. The Bertz CT molecular complexity index is 740. The minimum Gasteiger partial charge on any atom is -0.452 e. The van der Waals surface area contributed by atoms with Gasteiger partial charge in [0.2, 0.25) is 0 Å². The Morgan fingerprint density at radius 3 is 2.91 bits per heavy atom. The van der Waals surface area contributed by atoms with Gasteiger partial charge in [0, 0.05) is 17.6 Å². The predicted octanol–water partition coefficient (Wildman–Crippen LogP) is 2.02. The SMILES string of the molecule is CCNC(=O)COC(=O)c1c2c(nc3ccccc13)CCC2. The Morgan fingerprint density at radius 1 is 1.27 bits per heavy atom. The fourth-order valence-electron chi connectivity index (χ4n) is 2.90. The minimum absolute atomic E-state index is 0.252. The molecule has 1 aliphatic rings. The van der Waals surface area contributed by atoms with Gasteiger partial charge in [-0.1, -0.05) is 18.2 Å². The number of amides is 1. The summed E-state index contributed by atoms with van der Waals surface area (Å²) in [5.41, 5.74) is 3.32. The summed E-state index contributed by atoms with van der Waals surface area (Å²) in [4.78, 5) is 28.6. The lowest BCUT2D eigenvalue weighted by atomic mass is 10.0. The molecule has 22 heavy (non-hydrogen) atoms. The number of aromatic nitrogens is 1. The van der Waals surface area contributed by atoms with Gasteiger partial charge in [-0.15, -0.1) is 0 Å². The third kappa shape index (κ3) is 2.66. The van der Waals surface area contributed by atoms with Crippen molar-refractivity contribution in [2.45, 2.75) is 26.2 Å². The van der Waals surface area contributed by atoms with Crippen molar-refractivity contribution in [2.24, 2.45) is 0 Å². The van der Waals surface area contributed by atoms with E-state index in [0.717, 1.165) is 41.4 Å². The van der Waals surface area contributed by atoms with Crippen LogP contribution in [0.4, 0.5) is 0 Å². The number of likely N-dealkylation sites (N-methyl/N-ethyl adjacent to an activating group) is 1. The smallest absolute Gasteiger partial charge is 0.339 e. The van der Waals surface area contributed by atoms with E-state index in [2.05, 4.69) is 10.3 Å². The second-order valence-electron chi connectivity index (χ2n) is 5.31. The summed E-state index contributed by atoms with van der Waals surface area (Å²) in [6.45, 7) is 2.09. The van der Waals surface area contributed by atoms with Gasteiger partial charge >= 0.3 is 5.97 Å². The van der Waals surface area contributed by atoms with Crippen LogP contribution in [0, 0.1) is 0 Å². The van der Waals surface area contributed by atoms with Crippen molar-refractivity contribution in [3.8, 4) is 0 Å². The molecular weight excluding hydrogens is 280 g/mol. The van der Waals surface area contributed by atoms with E-state index in [1.54, 1.807) is 0 Å². The summed E-state index contributed by atoms with van der Waals surface area (Å²) < 4.78 is 5.20. The molecular formula is C17H18N2O3. The molecule has 0 unspecified atom stereocenters. The highest BCUT2D eigenvalue weighted by Gasteiger charge is 2.24. The Kier molecular flexibility index (Phi) is 4.04. The number of benzene rings is 1. The first kappa shape index (κ1) is 14.5. The maximum Gasteiger partial charge on any atom is 0.339 e. The Balaban J connectivity index is 1.95. The highest BCUT2D eigenvalue weighted by Crippen LogP contribution is 2.30. The van der Waals surface area contributed by atoms with Crippen molar-refractivity contribution >= 4 is 22.8 Å². The van der Waals surface area contributed by atoms with Crippen LogP contribution in [-0.4, -0.2) is 30.0 Å². The molecule has 1 heterocycles. The first-order chi connectivity index (χ1) is 10.7. The number of nitrogens with one attached hydrogen (secondary N) is 1. The van der Waals surface area contributed by atoms with Crippen LogP contribution in [-0.2, 0) is 22.4 Å². The number of nitrogens with zero attached hydrogens (tertiary/aromatic N) is 1. The largest absolute Gasteiger partial charge is 0.452 e. The van der Waals surface area contributed by atoms with E-state index in [9.17, 15) is 9.59 Å². The maximum absolute atomic E-state index is 12.5. The zero-order valence-corrected chi connectivity index (χ0v) is 12.5. The number of rotatable bonds is 4. The molecule has 5 nitrogen and oxygen atoms in total. The molecule has 1 aliphatic carbocycles. The quantitative estimate of drug-likeness (QED) is 0.877. The zero-order chi connectivity index (χ0) is 15.5. The van der Waals surface area contributed by atoms with Crippen molar-refractivity contribution in [3.63, 3.8) is 0 Å². The first-order valence-electron chi connectivity index (χ1n) is 7.55. The molecule has 1 N–H and O–H groups in total. The highest BCUT2D eigenvalue weighted by molar-refractivity contribution is 6.05. The summed E-state index contributed by atoms with van der Waals surface area (Å²) in [6.07, 6.45) is 2.71. The van der Waals surface area contributed by atoms with Crippen LogP contribution in [0.25, 0.3) is 10.9 Å². The third-order valence-electron chi connectivity index (χ3n) is 3.83. The van der Waals surface area contributed by atoms with E-state index in [4.69, 9.17) is 4.74 Å². The molecule has 0 bridgehead atoms. The Labute approximate surface area is 128 Å². The minimum atomic E-state index is -0.442. The van der Waals surface area contributed by atoms with E-state index in [0.29, 0.717) is 12.1 Å². The van der Waals surface area contributed by atoms with Gasteiger partial charge in [-0.25, -0.2) is 4.79 Å². The van der Waals surface area contributed by atoms with Crippen molar-refractivity contribution in [1.29, 1.82) is 0 Å². The lowest BCUT2D eigenvalue weighted by Gasteiger charge is -2.12. The summed E-state index contributed by atoms with van der Waals surface area (Å²) in [5, 5.41) is 3.41. The number of fused-ring (bicyclic) bond motifs is 2. The number of hydrogen-bond donors (Lipinski definition) is 1.